The second-order valence-corrected chi connectivity index (χ2v) is 5.79. The first-order valence-corrected chi connectivity index (χ1v) is 7.57. The number of benzene rings is 1. The van der Waals surface area contributed by atoms with Crippen LogP contribution in [0.5, 0.6) is 5.75 Å². The molecule has 5 heteroatoms. The zero-order chi connectivity index (χ0) is 14.7. The normalized spacial score (nSPS) is 10.9. The van der Waals surface area contributed by atoms with E-state index in [9.17, 15) is 4.79 Å². The molecule has 0 saturated carbocycles. The van der Waals surface area contributed by atoms with Crippen molar-refractivity contribution in [1.29, 1.82) is 0 Å². The van der Waals surface area contributed by atoms with Crippen molar-refractivity contribution in [2.24, 2.45) is 0 Å². The Morgan fingerprint density at radius 3 is 2.90 bits per heavy atom. The number of hydrogen-bond acceptors (Lipinski definition) is 4. The third kappa shape index (κ3) is 3.15. The Bertz CT molecular complexity index is 794. The number of nitrogens with one attached hydrogen (secondary N) is 2. The second kappa shape index (κ2) is 6.11. The van der Waals surface area contributed by atoms with Gasteiger partial charge in [0.05, 0.1) is 7.11 Å². The molecule has 4 nitrogen and oxygen atoms in total. The number of H-pyrrole nitrogens is 1. The van der Waals surface area contributed by atoms with Crippen molar-refractivity contribution in [3.05, 3.63) is 62.6 Å². The third-order valence-corrected chi connectivity index (χ3v) is 4.20. The minimum Gasteiger partial charge on any atom is -0.497 e. The van der Waals surface area contributed by atoms with Gasteiger partial charge in [-0.05, 0) is 35.7 Å². The SMILES string of the molecule is COc1ccc2[nH]c(=O)c(CNCc3cccs3)cc2c1. The number of methoxy groups -OCH3 is 1. The number of hydrogen-bond donors (Lipinski definition) is 2. The summed E-state index contributed by atoms with van der Waals surface area (Å²) >= 11 is 1.70. The maximum atomic E-state index is 12.1. The molecular weight excluding hydrogens is 284 g/mol. The summed E-state index contributed by atoms with van der Waals surface area (Å²) in [6.07, 6.45) is 0. The fourth-order valence-corrected chi connectivity index (χ4v) is 2.90. The predicted molar refractivity (Wildman–Crippen MR) is 86.0 cm³/mol. The van der Waals surface area contributed by atoms with E-state index in [4.69, 9.17) is 4.74 Å². The molecule has 0 unspecified atom stereocenters. The molecule has 0 atom stereocenters. The summed E-state index contributed by atoms with van der Waals surface area (Å²) in [6.45, 7) is 1.31. The summed E-state index contributed by atoms with van der Waals surface area (Å²) in [5.41, 5.74) is 1.50. The smallest absolute Gasteiger partial charge is 0.252 e. The topological polar surface area (TPSA) is 54.1 Å². The molecule has 0 amide bonds. The lowest BCUT2D eigenvalue weighted by Crippen LogP contribution is -2.20. The fourth-order valence-electron chi connectivity index (χ4n) is 2.22. The standard InChI is InChI=1S/C16H16N2O2S/c1-20-13-4-5-15-11(8-13)7-12(16(19)18-15)9-17-10-14-3-2-6-21-14/h2-8,17H,9-10H2,1H3,(H,18,19). The van der Waals surface area contributed by atoms with Crippen molar-refractivity contribution in [3.63, 3.8) is 0 Å². The van der Waals surface area contributed by atoms with Crippen molar-refractivity contribution in [1.82, 2.24) is 10.3 Å². The molecule has 108 valence electrons. The molecule has 2 aromatic heterocycles. The lowest BCUT2D eigenvalue weighted by Gasteiger charge is -2.06. The zero-order valence-corrected chi connectivity index (χ0v) is 12.5. The second-order valence-electron chi connectivity index (χ2n) is 4.76. The minimum atomic E-state index is -0.0497. The van der Waals surface area contributed by atoms with Crippen molar-refractivity contribution in [2.75, 3.05) is 7.11 Å². The maximum absolute atomic E-state index is 12.1. The molecule has 0 saturated heterocycles. The van der Waals surface area contributed by atoms with Gasteiger partial charge in [0, 0.05) is 34.4 Å². The monoisotopic (exact) mass is 300 g/mol. The van der Waals surface area contributed by atoms with Gasteiger partial charge in [-0.25, -0.2) is 0 Å². The minimum absolute atomic E-state index is 0.0497. The van der Waals surface area contributed by atoms with Gasteiger partial charge in [0.15, 0.2) is 0 Å². The number of pyridine rings is 1. The van der Waals surface area contributed by atoms with Crippen molar-refractivity contribution in [3.8, 4) is 5.75 Å². The van der Waals surface area contributed by atoms with E-state index in [2.05, 4.69) is 16.4 Å². The van der Waals surface area contributed by atoms with Gasteiger partial charge in [-0.3, -0.25) is 4.79 Å². The molecule has 3 aromatic rings. The highest BCUT2D eigenvalue weighted by molar-refractivity contribution is 7.09. The van der Waals surface area contributed by atoms with Crippen molar-refractivity contribution >= 4 is 22.2 Å². The highest BCUT2D eigenvalue weighted by Gasteiger charge is 2.04. The largest absolute Gasteiger partial charge is 0.497 e. The molecule has 1 aromatic carbocycles. The summed E-state index contributed by atoms with van der Waals surface area (Å²) in [7, 11) is 1.64. The molecule has 0 bridgehead atoms. The lowest BCUT2D eigenvalue weighted by molar-refractivity contribution is 0.415. The van der Waals surface area contributed by atoms with E-state index in [-0.39, 0.29) is 5.56 Å². The van der Waals surface area contributed by atoms with Gasteiger partial charge in [-0.1, -0.05) is 6.07 Å². The van der Waals surface area contributed by atoms with Crippen LogP contribution in [0.1, 0.15) is 10.4 Å². The van der Waals surface area contributed by atoms with E-state index < -0.39 is 0 Å². The summed E-state index contributed by atoms with van der Waals surface area (Å²) in [4.78, 5) is 16.2. The molecular formula is C16H16N2O2S. The van der Waals surface area contributed by atoms with E-state index in [0.717, 1.165) is 28.8 Å². The van der Waals surface area contributed by atoms with Crippen molar-refractivity contribution < 1.29 is 4.74 Å². The van der Waals surface area contributed by atoms with Crippen LogP contribution in [0.3, 0.4) is 0 Å². The molecule has 21 heavy (non-hydrogen) atoms. The number of thiophene rings is 1. The van der Waals surface area contributed by atoms with Crippen LogP contribution in [0.15, 0.2) is 46.6 Å². The lowest BCUT2D eigenvalue weighted by atomic mass is 10.1. The summed E-state index contributed by atoms with van der Waals surface area (Å²) < 4.78 is 5.22. The van der Waals surface area contributed by atoms with Gasteiger partial charge in [-0.15, -0.1) is 11.3 Å². The van der Waals surface area contributed by atoms with Gasteiger partial charge < -0.3 is 15.0 Å². The molecule has 2 N–H and O–H groups in total. The van der Waals surface area contributed by atoms with Crippen LogP contribution in [-0.2, 0) is 13.1 Å². The Kier molecular flexibility index (Phi) is 4.03. The average molecular weight is 300 g/mol. The number of ether oxygens (including phenoxy) is 1. The van der Waals surface area contributed by atoms with Crippen LogP contribution in [0.25, 0.3) is 10.9 Å². The van der Waals surface area contributed by atoms with E-state index in [1.54, 1.807) is 18.4 Å². The Balaban J connectivity index is 1.80. The number of aromatic nitrogens is 1. The van der Waals surface area contributed by atoms with E-state index in [1.807, 2.05) is 35.7 Å². The molecule has 0 aliphatic carbocycles. The first kappa shape index (κ1) is 13.9. The molecule has 3 rings (SSSR count). The quantitative estimate of drug-likeness (QED) is 0.762. The maximum Gasteiger partial charge on any atom is 0.252 e. The molecule has 0 fully saturated rings. The summed E-state index contributed by atoms with van der Waals surface area (Å²) in [5, 5.41) is 6.32. The van der Waals surface area contributed by atoms with E-state index >= 15 is 0 Å². The first-order valence-electron chi connectivity index (χ1n) is 6.69. The van der Waals surface area contributed by atoms with Gasteiger partial charge in [-0.2, -0.15) is 0 Å². The highest BCUT2D eigenvalue weighted by atomic mass is 32.1. The molecule has 0 aliphatic rings. The highest BCUT2D eigenvalue weighted by Crippen LogP contribution is 2.18. The van der Waals surface area contributed by atoms with E-state index in [1.165, 1.54) is 4.88 Å². The summed E-state index contributed by atoms with van der Waals surface area (Å²) in [5.74, 6) is 0.784. The van der Waals surface area contributed by atoms with Gasteiger partial charge >= 0.3 is 0 Å². The Hall–Kier alpha value is -2.11. The fraction of sp³-hybridized carbons (Fsp3) is 0.188. The Morgan fingerprint density at radius 2 is 2.14 bits per heavy atom. The van der Waals surface area contributed by atoms with E-state index in [0.29, 0.717) is 6.54 Å². The average Bonchev–Trinajstić information content (AvgIpc) is 3.00. The Labute approximate surface area is 126 Å². The van der Waals surface area contributed by atoms with Crippen LogP contribution < -0.4 is 15.6 Å². The zero-order valence-electron chi connectivity index (χ0n) is 11.7. The van der Waals surface area contributed by atoms with Crippen LogP contribution >= 0.6 is 11.3 Å². The van der Waals surface area contributed by atoms with Gasteiger partial charge in [0.2, 0.25) is 0 Å². The molecule has 2 heterocycles. The van der Waals surface area contributed by atoms with Crippen LogP contribution in [0.2, 0.25) is 0 Å². The number of rotatable bonds is 5. The van der Waals surface area contributed by atoms with Gasteiger partial charge in [0.25, 0.3) is 5.56 Å². The molecule has 0 aliphatic heterocycles. The summed E-state index contributed by atoms with van der Waals surface area (Å²) in [6, 6.07) is 11.6. The van der Waals surface area contributed by atoms with Gasteiger partial charge in [0.1, 0.15) is 5.75 Å². The Morgan fingerprint density at radius 1 is 1.24 bits per heavy atom. The van der Waals surface area contributed by atoms with Crippen molar-refractivity contribution in [2.45, 2.75) is 13.1 Å². The van der Waals surface area contributed by atoms with Crippen LogP contribution in [0, 0.1) is 0 Å². The van der Waals surface area contributed by atoms with Crippen LogP contribution in [0.4, 0.5) is 0 Å². The molecule has 0 spiro atoms. The van der Waals surface area contributed by atoms with Crippen LogP contribution in [-0.4, -0.2) is 12.1 Å². The third-order valence-electron chi connectivity index (χ3n) is 3.32. The number of aromatic amines is 1. The first-order chi connectivity index (χ1) is 10.3. The number of fused-ring (bicyclic) bond motifs is 1. The molecule has 0 radical (unpaired) electrons. The predicted octanol–water partition coefficient (Wildman–Crippen LogP) is 2.89.